The molecule has 1 aromatic heterocycles. The summed E-state index contributed by atoms with van der Waals surface area (Å²) in [5.41, 5.74) is 1.52. The van der Waals surface area contributed by atoms with Crippen LogP contribution in [-0.4, -0.2) is 23.4 Å². The van der Waals surface area contributed by atoms with Crippen molar-refractivity contribution in [3.8, 4) is 6.07 Å². The summed E-state index contributed by atoms with van der Waals surface area (Å²) in [6.45, 7) is 0. The number of anilines is 1. The lowest BCUT2D eigenvalue weighted by atomic mass is 10.2. The second-order valence-corrected chi connectivity index (χ2v) is 4.97. The number of nitriles is 1. The van der Waals surface area contributed by atoms with Gasteiger partial charge in [0, 0.05) is 25.9 Å². The molecule has 22 heavy (non-hydrogen) atoms. The van der Waals surface area contributed by atoms with Crippen LogP contribution in [0.3, 0.4) is 0 Å². The maximum atomic E-state index is 12.2. The maximum absolute atomic E-state index is 12.2. The predicted molar refractivity (Wildman–Crippen MR) is 82.9 cm³/mol. The molecule has 0 fully saturated rings. The summed E-state index contributed by atoms with van der Waals surface area (Å²) in [4.78, 5) is 23.7. The Balaban J connectivity index is 2.23. The molecule has 0 bridgehead atoms. The van der Waals surface area contributed by atoms with Crippen LogP contribution in [0.4, 0.5) is 5.69 Å². The van der Waals surface area contributed by atoms with Crippen molar-refractivity contribution in [1.82, 2.24) is 9.88 Å². The van der Waals surface area contributed by atoms with Gasteiger partial charge in [0.2, 0.25) is 0 Å². The lowest BCUT2D eigenvalue weighted by molar-refractivity contribution is 0.0962. The molecule has 6 nitrogen and oxygen atoms in total. The summed E-state index contributed by atoms with van der Waals surface area (Å²) in [6.07, 6.45) is 1.56. The Kier molecular flexibility index (Phi) is 4.49. The number of aromatic nitrogens is 1. The summed E-state index contributed by atoms with van der Waals surface area (Å²) < 4.78 is 1.56. The fourth-order valence-electron chi connectivity index (χ4n) is 1.94. The Labute approximate surface area is 132 Å². The molecule has 0 atom stereocenters. The molecule has 0 unspecified atom stereocenters. The standard InChI is InChI=1S/C15H13ClN4O2/c1-18-14(21)10-3-4-12(11(16)6-10)19-15(22)13-5-9(7-17)8-20(13)2/h3-6,8H,1-2H3,(H,18,21)(H,19,22). The molecule has 7 heteroatoms. The van der Waals surface area contributed by atoms with Gasteiger partial charge < -0.3 is 15.2 Å². The number of carbonyl (C=O) groups excluding carboxylic acids is 2. The Morgan fingerprint density at radius 1 is 1.27 bits per heavy atom. The van der Waals surface area contributed by atoms with E-state index in [-0.39, 0.29) is 10.9 Å². The molecule has 1 heterocycles. The highest BCUT2D eigenvalue weighted by molar-refractivity contribution is 6.34. The van der Waals surface area contributed by atoms with Crippen molar-refractivity contribution in [1.29, 1.82) is 5.26 Å². The molecule has 2 rings (SSSR count). The molecular formula is C15H13ClN4O2. The van der Waals surface area contributed by atoms with Gasteiger partial charge in [-0.1, -0.05) is 11.6 Å². The minimum atomic E-state index is -0.390. The topological polar surface area (TPSA) is 86.9 Å². The van der Waals surface area contributed by atoms with E-state index in [0.717, 1.165) is 0 Å². The van der Waals surface area contributed by atoms with Gasteiger partial charge in [0.05, 0.1) is 16.3 Å². The highest BCUT2D eigenvalue weighted by atomic mass is 35.5. The van der Waals surface area contributed by atoms with Crippen LogP contribution >= 0.6 is 11.6 Å². The first-order valence-corrected chi connectivity index (χ1v) is 6.73. The smallest absolute Gasteiger partial charge is 0.272 e. The molecule has 1 aromatic carbocycles. The van der Waals surface area contributed by atoms with Gasteiger partial charge >= 0.3 is 0 Å². The Morgan fingerprint density at radius 3 is 2.55 bits per heavy atom. The molecule has 0 aliphatic rings. The zero-order valence-corrected chi connectivity index (χ0v) is 12.7. The number of aryl methyl sites for hydroxylation is 1. The monoisotopic (exact) mass is 316 g/mol. The van der Waals surface area contributed by atoms with E-state index in [1.165, 1.54) is 19.2 Å². The zero-order valence-electron chi connectivity index (χ0n) is 12.0. The van der Waals surface area contributed by atoms with Crippen molar-refractivity contribution in [2.45, 2.75) is 0 Å². The first kappa shape index (κ1) is 15.6. The van der Waals surface area contributed by atoms with Crippen LogP contribution in [0.5, 0.6) is 0 Å². The quantitative estimate of drug-likeness (QED) is 0.909. The van der Waals surface area contributed by atoms with Crippen molar-refractivity contribution < 1.29 is 9.59 Å². The number of carbonyl (C=O) groups is 2. The predicted octanol–water partition coefficient (Wildman–Crippen LogP) is 2.16. The van der Waals surface area contributed by atoms with Crippen LogP contribution in [0.1, 0.15) is 26.4 Å². The molecule has 0 saturated heterocycles. The van der Waals surface area contributed by atoms with Gasteiger partial charge in [0.1, 0.15) is 11.8 Å². The van der Waals surface area contributed by atoms with Crippen LogP contribution in [0.15, 0.2) is 30.5 Å². The van der Waals surface area contributed by atoms with E-state index in [1.807, 2.05) is 6.07 Å². The first-order chi connectivity index (χ1) is 10.5. The van der Waals surface area contributed by atoms with Gasteiger partial charge in [0.15, 0.2) is 0 Å². The van der Waals surface area contributed by atoms with E-state index < -0.39 is 5.91 Å². The lowest BCUT2D eigenvalue weighted by Crippen LogP contribution is -2.18. The molecule has 0 aliphatic heterocycles. The fraction of sp³-hybridized carbons (Fsp3) is 0.133. The minimum Gasteiger partial charge on any atom is -0.355 e. The van der Waals surface area contributed by atoms with Crippen molar-refractivity contribution in [2.75, 3.05) is 12.4 Å². The normalized spacial score (nSPS) is 9.91. The Bertz CT molecular complexity index is 789. The zero-order chi connectivity index (χ0) is 16.3. The summed E-state index contributed by atoms with van der Waals surface area (Å²) in [6, 6.07) is 8.05. The Hall–Kier alpha value is -2.78. The third-order valence-electron chi connectivity index (χ3n) is 3.07. The van der Waals surface area contributed by atoms with Gasteiger partial charge in [-0.3, -0.25) is 9.59 Å². The third kappa shape index (κ3) is 3.10. The first-order valence-electron chi connectivity index (χ1n) is 6.35. The van der Waals surface area contributed by atoms with Gasteiger partial charge in [-0.25, -0.2) is 0 Å². The van der Waals surface area contributed by atoms with Crippen molar-refractivity contribution in [3.05, 3.63) is 52.3 Å². The summed E-state index contributed by atoms with van der Waals surface area (Å²) in [5.74, 6) is -0.653. The maximum Gasteiger partial charge on any atom is 0.272 e. The minimum absolute atomic E-state index is 0.254. The van der Waals surface area contributed by atoms with Crippen LogP contribution in [-0.2, 0) is 7.05 Å². The second-order valence-electron chi connectivity index (χ2n) is 4.56. The van der Waals surface area contributed by atoms with Crippen LogP contribution in [0, 0.1) is 11.3 Å². The second kappa shape index (κ2) is 6.33. The lowest BCUT2D eigenvalue weighted by Gasteiger charge is -2.09. The number of nitrogens with one attached hydrogen (secondary N) is 2. The molecule has 0 aliphatic carbocycles. The van der Waals surface area contributed by atoms with E-state index in [2.05, 4.69) is 10.6 Å². The highest BCUT2D eigenvalue weighted by Gasteiger charge is 2.14. The molecule has 2 aromatic rings. The third-order valence-corrected chi connectivity index (χ3v) is 3.39. The molecule has 0 saturated carbocycles. The van der Waals surface area contributed by atoms with Gasteiger partial charge in [-0.05, 0) is 24.3 Å². The van der Waals surface area contributed by atoms with Gasteiger partial charge in [-0.2, -0.15) is 5.26 Å². The van der Waals surface area contributed by atoms with Crippen molar-refractivity contribution in [2.24, 2.45) is 7.05 Å². The number of nitrogens with zero attached hydrogens (tertiary/aromatic N) is 2. The van der Waals surface area contributed by atoms with Crippen LogP contribution in [0.2, 0.25) is 5.02 Å². The summed E-state index contributed by atoms with van der Waals surface area (Å²) >= 11 is 6.08. The van der Waals surface area contributed by atoms with E-state index >= 15 is 0 Å². The molecule has 0 radical (unpaired) electrons. The van der Waals surface area contributed by atoms with Gasteiger partial charge in [0.25, 0.3) is 11.8 Å². The molecular weight excluding hydrogens is 304 g/mol. The summed E-state index contributed by atoms with van der Waals surface area (Å²) in [7, 11) is 3.19. The molecule has 2 amide bonds. The average molecular weight is 317 g/mol. The largest absolute Gasteiger partial charge is 0.355 e. The van der Waals surface area contributed by atoms with Crippen LogP contribution in [0.25, 0.3) is 0 Å². The SMILES string of the molecule is CNC(=O)c1ccc(NC(=O)c2cc(C#N)cn2C)c(Cl)c1. The molecule has 2 N–H and O–H groups in total. The number of benzene rings is 1. The summed E-state index contributed by atoms with van der Waals surface area (Å²) in [5, 5.41) is 14.2. The number of halogens is 1. The average Bonchev–Trinajstić information content (AvgIpc) is 2.89. The van der Waals surface area contributed by atoms with Crippen molar-refractivity contribution >= 4 is 29.1 Å². The fourth-order valence-corrected chi connectivity index (χ4v) is 2.17. The molecule has 0 spiro atoms. The number of amides is 2. The van der Waals surface area contributed by atoms with E-state index in [9.17, 15) is 9.59 Å². The van der Waals surface area contributed by atoms with E-state index in [0.29, 0.717) is 22.5 Å². The van der Waals surface area contributed by atoms with Gasteiger partial charge in [-0.15, -0.1) is 0 Å². The van der Waals surface area contributed by atoms with Crippen LogP contribution < -0.4 is 10.6 Å². The van der Waals surface area contributed by atoms with E-state index in [4.69, 9.17) is 16.9 Å². The van der Waals surface area contributed by atoms with Crippen molar-refractivity contribution in [3.63, 3.8) is 0 Å². The highest BCUT2D eigenvalue weighted by Crippen LogP contribution is 2.24. The van der Waals surface area contributed by atoms with E-state index in [1.54, 1.807) is 29.9 Å². The Morgan fingerprint density at radius 2 is 2.00 bits per heavy atom. The molecule has 112 valence electrons. The number of hydrogen-bond acceptors (Lipinski definition) is 3. The number of rotatable bonds is 3. The number of hydrogen-bond donors (Lipinski definition) is 2.